The maximum absolute atomic E-state index is 13.3. The van der Waals surface area contributed by atoms with Crippen molar-refractivity contribution in [2.24, 2.45) is 15.9 Å². The van der Waals surface area contributed by atoms with E-state index in [9.17, 15) is 9.60 Å². The predicted octanol–water partition coefficient (Wildman–Crippen LogP) is 3.01. The summed E-state index contributed by atoms with van der Waals surface area (Å²) in [4.78, 5) is 8.81. The van der Waals surface area contributed by atoms with E-state index in [1.165, 1.54) is 12.1 Å². The monoisotopic (exact) mass is 375 g/mol. The first-order chi connectivity index (χ1) is 12.6. The number of aromatic nitrogens is 1. The number of aliphatic imine (C=N–C) groups is 1. The van der Waals surface area contributed by atoms with Gasteiger partial charge in [-0.3, -0.25) is 4.99 Å². The van der Waals surface area contributed by atoms with Gasteiger partial charge in [0.1, 0.15) is 17.5 Å². The van der Waals surface area contributed by atoms with E-state index >= 15 is 0 Å². The van der Waals surface area contributed by atoms with Crippen LogP contribution >= 0.6 is 11.6 Å². The third-order valence-corrected chi connectivity index (χ3v) is 4.40. The SMILES string of the molecule is NCCCN=C1Cc2c(/C(Cc3ccc(F)c(Cl)c3)=N/O)ccnc2N1. The molecule has 0 radical (unpaired) electrons. The molecule has 1 aliphatic rings. The second kappa shape index (κ2) is 8.25. The summed E-state index contributed by atoms with van der Waals surface area (Å²) in [6.45, 7) is 1.24. The van der Waals surface area contributed by atoms with Crippen LogP contribution in [-0.2, 0) is 12.8 Å². The van der Waals surface area contributed by atoms with E-state index in [0.717, 1.165) is 28.9 Å². The number of hydrogen-bond acceptors (Lipinski definition) is 5. The normalized spacial score (nSPS) is 15.2. The highest BCUT2D eigenvalue weighted by Crippen LogP contribution is 2.26. The predicted molar refractivity (Wildman–Crippen MR) is 101 cm³/mol. The van der Waals surface area contributed by atoms with Crippen LogP contribution in [0.1, 0.15) is 23.1 Å². The average molecular weight is 376 g/mol. The van der Waals surface area contributed by atoms with Crippen molar-refractivity contribution in [2.75, 3.05) is 18.4 Å². The van der Waals surface area contributed by atoms with Gasteiger partial charge in [0.15, 0.2) is 0 Å². The first-order valence-electron chi connectivity index (χ1n) is 8.26. The molecule has 0 fully saturated rings. The molecular formula is C18H19ClFN5O. The van der Waals surface area contributed by atoms with Gasteiger partial charge in [0.2, 0.25) is 0 Å². The molecule has 136 valence electrons. The minimum Gasteiger partial charge on any atom is -0.411 e. The molecule has 0 bridgehead atoms. The number of oxime groups is 1. The van der Waals surface area contributed by atoms with Crippen LogP contribution in [0.5, 0.6) is 0 Å². The molecule has 1 aromatic heterocycles. The van der Waals surface area contributed by atoms with Crippen molar-refractivity contribution < 1.29 is 9.60 Å². The third-order valence-electron chi connectivity index (χ3n) is 4.11. The fourth-order valence-corrected chi connectivity index (χ4v) is 3.03. The molecule has 0 spiro atoms. The molecule has 0 aliphatic carbocycles. The standard InChI is InChI=1S/C18H19ClFN5O/c19-14-8-11(2-3-15(14)20)9-16(25-26)12-4-7-23-18-13(12)10-17(24-18)22-6-1-5-21/h2-4,7-8,26H,1,5-6,9-10,21H2,(H,22,23,24)/b25-16+. The molecule has 0 saturated carbocycles. The number of fused-ring (bicyclic) bond motifs is 1. The zero-order valence-electron chi connectivity index (χ0n) is 14.0. The lowest BCUT2D eigenvalue weighted by Crippen LogP contribution is -2.10. The Bertz CT molecular complexity index is 869. The van der Waals surface area contributed by atoms with E-state index < -0.39 is 5.82 Å². The maximum Gasteiger partial charge on any atom is 0.141 e. The number of nitrogens with two attached hydrogens (primary N) is 1. The van der Waals surface area contributed by atoms with E-state index in [2.05, 4.69) is 20.4 Å². The van der Waals surface area contributed by atoms with Gasteiger partial charge < -0.3 is 16.3 Å². The second-order valence-electron chi connectivity index (χ2n) is 5.93. The smallest absolute Gasteiger partial charge is 0.141 e. The van der Waals surface area contributed by atoms with Crippen molar-refractivity contribution >= 4 is 29.0 Å². The molecule has 0 atom stereocenters. The van der Waals surface area contributed by atoms with Crippen LogP contribution in [0.25, 0.3) is 0 Å². The van der Waals surface area contributed by atoms with Crippen LogP contribution in [0.2, 0.25) is 5.02 Å². The second-order valence-corrected chi connectivity index (χ2v) is 6.34. The number of halogens is 2. The van der Waals surface area contributed by atoms with Crippen LogP contribution in [0.15, 0.2) is 40.6 Å². The average Bonchev–Trinajstić information content (AvgIpc) is 3.06. The number of nitrogens with one attached hydrogen (secondary N) is 1. The van der Waals surface area contributed by atoms with Gasteiger partial charge in [-0.1, -0.05) is 22.8 Å². The van der Waals surface area contributed by atoms with Crippen molar-refractivity contribution in [1.82, 2.24) is 4.98 Å². The summed E-state index contributed by atoms with van der Waals surface area (Å²) in [5.74, 6) is 1.04. The molecular weight excluding hydrogens is 357 g/mol. The van der Waals surface area contributed by atoms with Gasteiger partial charge in [-0.05, 0) is 36.7 Å². The molecule has 2 heterocycles. The highest BCUT2D eigenvalue weighted by Gasteiger charge is 2.23. The van der Waals surface area contributed by atoms with E-state index in [0.29, 0.717) is 37.5 Å². The number of hydrogen-bond donors (Lipinski definition) is 3. The summed E-state index contributed by atoms with van der Waals surface area (Å²) in [5, 5.41) is 16.2. The zero-order chi connectivity index (χ0) is 18.5. The van der Waals surface area contributed by atoms with Gasteiger partial charge in [0.25, 0.3) is 0 Å². The number of rotatable bonds is 6. The van der Waals surface area contributed by atoms with Crippen LogP contribution < -0.4 is 11.1 Å². The third kappa shape index (κ3) is 4.00. The van der Waals surface area contributed by atoms with Gasteiger partial charge in [-0.2, -0.15) is 0 Å². The number of benzene rings is 1. The van der Waals surface area contributed by atoms with Crippen molar-refractivity contribution in [3.05, 3.63) is 58.0 Å². The first-order valence-corrected chi connectivity index (χ1v) is 8.63. The van der Waals surface area contributed by atoms with Gasteiger partial charge in [-0.15, -0.1) is 0 Å². The zero-order valence-corrected chi connectivity index (χ0v) is 14.8. The van der Waals surface area contributed by atoms with Crippen molar-refractivity contribution in [3.8, 4) is 0 Å². The Balaban J connectivity index is 1.84. The summed E-state index contributed by atoms with van der Waals surface area (Å²) in [6, 6.07) is 6.24. The molecule has 4 N–H and O–H groups in total. The number of anilines is 1. The van der Waals surface area contributed by atoms with Gasteiger partial charge >= 0.3 is 0 Å². The lowest BCUT2D eigenvalue weighted by atomic mass is 9.98. The fraction of sp³-hybridized carbons (Fsp3) is 0.278. The maximum atomic E-state index is 13.3. The van der Waals surface area contributed by atoms with Gasteiger partial charge in [0.05, 0.1) is 10.7 Å². The topological polar surface area (TPSA) is 95.9 Å². The van der Waals surface area contributed by atoms with E-state index in [1.54, 1.807) is 18.3 Å². The summed E-state index contributed by atoms with van der Waals surface area (Å²) in [5.41, 5.74) is 8.39. The number of pyridine rings is 1. The molecule has 1 aromatic carbocycles. The lowest BCUT2D eigenvalue weighted by molar-refractivity contribution is 0.318. The molecule has 0 amide bonds. The minimum atomic E-state index is -0.481. The molecule has 26 heavy (non-hydrogen) atoms. The quantitative estimate of drug-likeness (QED) is 0.313. The van der Waals surface area contributed by atoms with E-state index in [4.69, 9.17) is 17.3 Å². The van der Waals surface area contributed by atoms with E-state index in [1.807, 2.05) is 0 Å². The number of nitrogens with zero attached hydrogens (tertiary/aromatic N) is 3. The molecule has 2 aromatic rings. The largest absolute Gasteiger partial charge is 0.411 e. The molecule has 8 heteroatoms. The van der Waals surface area contributed by atoms with Crippen molar-refractivity contribution in [3.63, 3.8) is 0 Å². The molecule has 6 nitrogen and oxygen atoms in total. The molecule has 0 unspecified atom stereocenters. The number of amidine groups is 1. The highest BCUT2D eigenvalue weighted by atomic mass is 35.5. The fourth-order valence-electron chi connectivity index (χ4n) is 2.83. The minimum absolute atomic E-state index is 0.0377. The Morgan fingerprint density at radius 1 is 1.38 bits per heavy atom. The Morgan fingerprint density at radius 3 is 2.96 bits per heavy atom. The molecule has 3 rings (SSSR count). The van der Waals surface area contributed by atoms with E-state index in [-0.39, 0.29) is 5.02 Å². The summed E-state index contributed by atoms with van der Waals surface area (Å²) >= 11 is 5.84. The molecule has 0 saturated heterocycles. The van der Waals surface area contributed by atoms with Crippen LogP contribution in [-0.4, -0.2) is 34.8 Å². The first kappa shape index (κ1) is 18.3. The highest BCUT2D eigenvalue weighted by molar-refractivity contribution is 6.30. The lowest BCUT2D eigenvalue weighted by Gasteiger charge is -2.09. The Kier molecular flexibility index (Phi) is 5.80. The summed E-state index contributed by atoms with van der Waals surface area (Å²) in [6.07, 6.45) is 3.35. The molecule has 1 aliphatic heterocycles. The Hall–Kier alpha value is -2.51. The van der Waals surface area contributed by atoms with Crippen LogP contribution in [0.4, 0.5) is 10.2 Å². The Labute approximate surface area is 155 Å². The van der Waals surface area contributed by atoms with Gasteiger partial charge in [0, 0.05) is 36.7 Å². The Morgan fingerprint density at radius 2 is 2.23 bits per heavy atom. The summed E-state index contributed by atoms with van der Waals surface area (Å²) < 4.78 is 13.3. The van der Waals surface area contributed by atoms with Crippen LogP contribution in [0, 0.1) is 5.82 Å². The van der Waals surface area contributed by atoms with Gasteiger partial charge in [-0.25, -0.2) is 9.37 Å². The van der Waals surface area contributed by atoms with Crippen molar-refractivity contribution in [1.29, 1.82) is 0 Å². The van der Waals surface area contributed by atoms with Crippen LogP contribution in [0.3, 0.4) is 0 Å². The summed E-state index contributed by atoms with van der Waals surface area (Å²) in [7, 11) is 0. The van der Waals surface area contributed by atoms with Crippen molar-refractivity contribution in [2.45, 2.75) is 19.3 Å².